The van der Waals surface area contributed by atoms with Crippen LogP contribution in [0.1, 0.15) is 17.9 Å². The molecule has 0 aromatic carbocycles. The van der Waals surface area contributed by atoms with Crippen LogP contribution in [0.25, 0.3) is 0 Å². The lowest BCUT2D eigenvalue weighted by atomic mass is 10.2. The number of furan rings is 1. The van der Waals surface area contributed by atoms with Crippen LogP contribution in [-0.2, 0) is 6.42 Å². The highest BCUT2D eigenvalue weighted by molar-refractivity contribution is 5.06. The largest absolute Gasteiger partial charge is 0.466 e. The van der Waals surface area contributed by atoms with Gasteiger partial charge < -0.3 is 4.42 Å². The van der Waals surface area contributed by atoms with Crippen molar-refractivity contribution in [1.29, 1.82) is 0 Å². The Morgan fingerprint density at radius 1 is 1.62 bits per heavy atom. The number of hydrogen-bond donors (Lipinski definition) is 0. The highest BCUT2D eigenvalue weighted by Gasteiger charge is 1.96. The topological polar surface area (TPSA) is 56.3 Å². The highest BCUT2D eigenvalue weighted by atomic mass is 16.6. The number of allylic oxidation sites excluding steroid dienone is 1. The van der Waals surface area contributed by atoms with Crippen molar-refractivity contribution >= 4 is 0 Å². The van der Waals surface area contributed by atoms with Gasteiger partial charge in [0.25, 0.3) is 0 Å². The van der Waals surface area contributed by atoms with E-state index >= 15 is 0 Å². The van der Waals surface area contributed by atoms with E-state index < -0.39 is 4.92 Å². The fraction of sp³-hybridized carbons (Fsp3) is 0.333. The Hall–Kier alpha value is -1.58. The molecule has 0 saturated heterocycles. The third-order valence-corrected chi connectivity index (χ3v) is 1.58. The summed E-state index contributed by atoms with van der Waals surface area (Å²) in [5, 5.41) is 9.91. The van der Waals surface area contributed by atoms with Gasteiger partial charge in [-0.15, -0.1) is 0 Å². The second-order valence-corrected chi connectivity index (χ2v) is 2.72. The van der Waals surface area contributed by atoms with Gasteiger partial charge in [0, 0.05) is 6.42 Å². The molecule has 0 aliphatic carbocycles. The molecule has 0 aliphatic rings. The molecule has 13 heavy (non-hydrogen) atoms. The average molecular weight is 181 g/mol. The van der Waals surface area contributed by atoms with E-state index in [9.17, 15) is 10.1 Å². The van der Waals surface area contributed by atoms with Crippen molar-refractivity contribution in [2.75, 3.05) is 0 Å². The first-order valence-electron chi connectivity index (χ1n) is 4.04. The minimum Gasteiger partial charge on any atom is -0.466 e. The molecule has 0 fully saturated rings. The first kappa shape index (κ1) is 9.51. The molecule has 0 N–H and O–H groups in total. The molecule has 0 amide bonds. The second-order valence-electron chi connectivity index (χ2n) is 2.72. The van der Waals surface area contributed by atoms with Crippen molar-refractivity contribution in [1.82, 2.24) is 0 Å². The molecule has 0 radical (unpaired) electrons. The van der Waals surface area contributed by atoms with Crippen LogP contribution in [0, 0.1) is 17.0 Å². The average Bonchev–Trinajstić information content (AvgIpc) is 2.45. The summed E-state index contributed by atoms with van der Waals surface area (Å²) in [4.78, 5) is 9.45. The van der Waals surface area contributed by atoms with Crippen LogP contribution < -0.4 is 0 Å². The van der Waals surface area contributed by atoms with E-state index in [4.69, 9.17) is 4.42 Å². The minimum absolute atomic E-state index is 0.465. The third-order valence-electron chi connectivity index (χ3n) is 1.58. The third kappa shape index (κ3) is 3.55. The van der Waals surface area contributed by atoms with E-state index in [-0.39, 0.29) is 0 Å². The maximum absolute atomic E-state index is 9.91. The van der Waals surface area contributed by atoms with Crippen LogP contribution in [0.15, 0.2) is 28.8 Å². The highest BCUT2D eigenvalue weighted by Crippen LogP contribution is 2.08. The normalized spacial score (nSPS) is 10.8. The summed E-state index contributed by atoms with van der Waals surface area (Å²) >= 11 is 0. The molecule has 70 valence electrons. The van der Waals surface area contributed by atoms with E-state index in [1.54, 1.807) is 0 Å². The maximum Gasteiger partial charge on any atom is 0.230 e. The van der Waals surface area contributed by atoms with E-state index in [0.717, 1.165) is 17.7 Å². The molecule has 4 nitrogen and oxygen atoms in total. The molecule has 1 aromatic heterocycles. The van der Waals surface area contributed by atoms with E-state index in [1.165, 1.54) is 6.08 Å². The quantitative estimate of drug-likeness (QED) is 0.529. The van der Waals surface area contributed by atoms with Crippen LogP contribution in [0.4, 0.5) is 0 Å². The van der Waals surface area contributed by atoms with Crippen LogP contribution in [0.3, 0.4) is 0 Å². The molecule has 0 unspecified atom stereocenters. The summed E-state index contributed by atoms with van der Waals surface area (Å²) in [6.45, 7) is 1.87. The Balaban J connectivity index is 2.31. The van der Waals surface area contributed by atoms with Crippen LogP contribution in [0.2, 0.25) is 0 Å². The van der Waals surface area contributed by atoms with E-state index in [2.05, 4.69) is 0 Å². The Kier molecular flexibility index (Phi) is 3.25. The molecule has 0 spiro atoms. The zero-order valence-corrected chi connectivity index (χ0v) is 7.40. The van der Waals surface area contributed by atoms with Gasteiger partial charge in [0.05, 0.1) is 4.92 Å². The zero-order chi connectivity index (χ0) is 9.68. The van der Waals surface area contributed by atoms with Gasteiger partial charge >= 0.3 is 0 Å². The molecule has 1 rings (SSSR count). The summed E-state index contributed by atoms with van der Waals surface area (Å²) in [6.07, 6.45) is 3.82. The summed E-state index contributed by atoms with van der Waals surface area (Å²) in [5.74, 6) is 1.73. The minimum atomic E-state index is -0.465. The SMILES string of the molecule is Cc1ccc(CCC=C[N+](=O)[O-])o1. The molecule has 0 aliphatic heterocycles. The Bertz CT molecular complexity index is 314. The lowest BCUT2D eigenvalue weighted by Crippen LogP contribution is -1.83. The number of hydrogen-bond acceptors (Lipinski definition) is 3. The molecule has 0 atom stereocenters. The predicted octanol–water partition coefficient (Wildman–Crippen LogP) is 2.31. The zero-order valence-electron chi connectivity index (χ0n) is 7.40. The lowest BCUT2D eigenvalue weighted by Gasteiger charge is -1.89. The number of rotatable bonds is 4. The van der Waals surface area contributed by atoms with Gasteiger partial charge in [-0.2, -0.15) is 0 Å². The van der Waals surface area contributed by atoms with E-state index in [0.29, 0.717) is 12.8 Å². The first-order valence-corrected chi connectivity index (χ1v) is 4.04. The van der Waals surface area contributed by atoms with Gasteiger partial charge in [-0.25, -0.2) is 0 Å². The summed E-state index contributed by atoms with van der Waals surface area (Å²) < 4.78 is 5.29. The lowest BCUT2D eigenvalue weighted by molar-refractivity contribution is -0.402. The fourth-order valence-electron chi connectivity index (χ4n) is 1.01. The van der Waals surface area contributed by atoms with Crippen LogP contribution in [0.5, 0.6) is 0 Å². The van der Waals surface area contributed by atoms with Gasteiger partial charge in [0.15, 0.2) is 0 Å². The summed E-state index contributed by atoms with van der Waals surface area (Å²) in [6, 6.07) is 3.77. The molecular weight excluding hydrogens is 170 g/mol. The smallest absolute Gasteiger partial charge is 0.230 e. The number of nitro groups is 1. The van der Waals surface area contributed by atoms with Gasteiger partial charge in [-0.3, -0.25) is 10.1 Å². The van der Waals surface area contributed by atoms with Crippen molar-refractivity contribution in [3.8, 4) is 0 Å². The number of aryl methyl sites for hydroxylation is 2. The standard InChI is InChI=1S/C9H11NO3/c1-8-5-6-9(13-8)4-2-3-7-10(11)12/h3,5-7H,2,4H2,1H3. The Morgan fingerprint density at radius 2 is 2.38 bits per heavy atom. The van der Waals surface area contributed by atoms with Crippen molar-refractivity contribution in [3.63, 3.8) is 0 Å². The van der Waals surface area contributed by atoms with Gasteiger partial charge in [0.2, 0.25) is 6.20 Å². The van der Waals surface area contributed by atoms with E-state index in [1.807, 2.05) is 19.1 Å². The molecule has 1 heterocycles. The summed E-state index contributed by atoms with van der Waals surface area (Å²) in [5.41, 5.74) is 0. The fourth-order valence-corrected chi connectivity index (χ4v) is 1.01. The number of nitrogens with zero attached hydrogens (tertiary/aromatic N) is 1. The maximum atomic E-state index is 9.91. The Labute approximate surface area is 76.0 Å². The van der Waals surface area contributed by atoms with Gasteiger partial charge in [-0.1, -0.05) is 0 Å². The van der Waals surface area contributed by atoms with Gasteiger partial charge in [0.1, 0.15) is 11.5 Å². The molecule has 4 heteroatoms. The second kappa shape index (κ2) is 4.45. The Morgan fingerprint density at radius 3 is 2.92 bits per heavy atom. The molecule has 0 saturated carbocycles. The first-order chi connectivity index (χ1) is 6.18. The van der Waals surface area contributed by atoms with Crippen molar-refractivity contribution in [2.24, 2.45) is 0 Å². The monoisotopic (exact) mass is 181 g/mol. The predicted molar refractivity (Wildman–Crippen MR) is 47.9 cm³/mol. The molecule has 1 aromatic rings. The summed E-state index contributed by atoms with van der Waals surface area (Å²) in [7, 11) is 0. The van der Waals surface area contributed by atoms with Crippen molar-refractivity contribution in [3.05, 3.63) is 46.0 Å². The molecule has 0 bridgehead atoms. The van der Waals surface area contributed by atoms with Crippen molar-refractivity contribution in [2.45, 2.75) is 19.8 Å². The van der Waals surface area contributed by atoms with Crippen LogP contribution in [-0.4, -0.2) is 4.92 Å². The van der Waals surface area contributed by atoms with Gasteiger partial charge in [-0.05, 0) is 31.6 Å². The molecular formula is C9H11NO3. The van der Waals surface area contributed by atoms with Crippen LogP contribution >= 0.6 is 0 Å². The van der Waals surface area contributed by atoms with Crippen molar-refractivity contribution < 1.29 is 9.34 Å².